The van der Waals surface area contributed by atoms with Gasteiger partial charge in [-0.05, 0) is 43.6 Å². The van der Waals surface area contributed by atoms with Crippen LogP contribution in [0.2, 0.25) is 0 Å². The van der Waals surface area contributed by atoms with Crippen molar-refractivity contribution in [3.05, 3.63) is 35.6 Å². The summed E-state index contributed by atoms with van der Waals surface area (Å²) in [7, 11) is 0. The second-order valence-corrected chi connectivity index (χ2v) is 5.17. The molecule has 3 N–H and O–H groups in total. The summed E-state index contributed by atoms with van der Waals surface area (Å²) < 4.78 is 44.4. The summed E-state index contributed by atoms with van der Waals surface area (Å²) in [6.45, 7) is 2.30. The van der Waals surface area contributed by atoms with Crippen molar-refractivity contribution in [2.45, 2.75) is 25.6 Å². The number of carbonyl (C=O) groups excluding carboxylic acids is 1. The Morgan fingerprint density at radius 3 is 2.12 bits per heavy atom. The van der Waals surface area contributed by atoms with Crippen LogP contribution in [-0.4, -0.2) is 36.2 Å². The highest BCUT2D eigenvalue weighted by atomic mass is 19.4. The average Bonchev–Trinajstić information content (AvgIpc) is 2.54. The quantitative estimate of drug-likeness (QED) is 0.730. The Morgan fingerprint density at radius 1 is 1.17 bits per heavy atom. The van der Waals surface area contributed by atoms with Crippen molar-refractivity contribution in [3.8, 4) is 0 Å². The monoisotopic (exact) mass is 350 g/mol. The molecule has 0 saturated carbocycles. The number of halogens is 4. The van der Waals surface area contributed by atoms with Gasteiger partial charge < -0.3 is 15.7 Å². The van der Waals surface area contributed by atoms with Crippen molar-refractivity contribution in [3.63, 3.8) is 0 Å². The first-order chi connectivity index (χ1) is 11.2. The molecule has 1 amide bonds. The molecule has 24 heavy (non-hydrogen) atoms. The zero-order chi connectivity index (χ0) is 18.2. The SMILES string of the molecule is O=C(NCc1ccc(F)cc1)C1CCNCC1.O=C(O)C(F)(F)F. The number of alkyl halides is 3. The second-order valence-electron chi connectivity index (χ2n) is 5.17. The highest BCUT2D eigenvalue weighted by molar-refractivity contribution is 5.78. The highest BCUT2D eigenvalue weighted by Crippen LogP contribution is 2.13. The minimum Gasteiger partial charge on any atom is -0.475 e. The van der Waals surface area contributed by atoms with Gasteiger partial charge in [0.15, 0.2) is 0 Å². The van der Waals surface area contributed by atoms with Crippen LogP contribution in [0.3, 0.4) is 0 Å². The number of hydrogen-bond donors (Lipinski definition) is 3. The van der Waals surface area contributed by atoms with Gasteiger partial charge in [0.1, 0.15) is 5.82 Å². The number of nitrogens with one attached hydrogen (secondary N) is 2. The molecule has 1 saturated heterocycles. The first-order valence-corrected chi connectivity index (χ1v) is 7.23. The zero-order valence-corrected chi connectivity index (χ0v) is 12.7. The van der Waals surface area contributed by atoms with Gasteiger partial charge in [0.2, 0.25) is 5.91 Å². The van der Waals surface area contributed by atoms with Gasteiger partial charge in [0, 0.05) is 12.5 Å². The predicted octanol–water partition coefficient (Wildman–Crippen LogP) is 2.07. The van der Waals surface area contributed by atoms with Crippen molar-refractivity contribution in [1.82, 2.24) is 10.6 Å². The van der Waals surface area contributed by atoms with E-state index in [2.05, 4.69) is 10.6 Å². The van der Waals surface area contributed by atoms with Crippen molar-refractivity contribution in [1.29, 1.82) is 0 Å². The average molecular weight is 350 g/mol. The van der Waals surface area contributed by atoms with Crippen LogP contribution in [0, 0.1) is 11.7 Å². The largest absolute Gasteiger partial charge is 0.490 e. The summed E-state index contributed by atoms with van der Waals surface area (Å²) in [4.78, 5) is 20.7. The fourth-order valence-corrected chi connectivity index (χ4v) is 2.02. The predicted molar refractivity (Wildman–Crippen MR) is 77.5 cm³/mol. The van der Waals surface area contributed by atoms with E-state index >= 15 is 0 Å². The molecule has 1 aliphatic heterocycles. The van der Waals surface area contributed by atoms with Gasteiger partial charge in [-0.1, -0.05) is 12.1 Å². The molecule has 2 rings (SSSR count). The van der Waals surface area contributed by atoms with Crippen molar-refractivity contribution in [2.24, 2.45) is 5.92 Å². The lowest BCUT2D eigenvalue weighted by Gasteiger charge is -2.21. The zero-order valence-electron chi connectivity index (χ0n) is 12.7. The van der Waals surface area contributed by atoms with E-state index in [9.17, 15) is 22.4 Å². The standard InChI is InChI=1S/C13H17FN2O.C2HF3O2/c14-12-3-1-10(2-4-12)9-16-13(17)11-5-7-15-8-6-11;3-2(4,5)1(6)7/h1-4,11,15H,5-9H2,(H,16,17);(H,6,7). The first-order valence-electron chi connectivity index (χ1n) is 7.23. The number of carboxylic acids is 1. The maximum absolute atomic E-state index is 12.7. The third kappa shape index (κ3) is 7.40. The summed E-state index contributed by atoms with van der Waals surface area (Å²) in [6, 6.07) is 6.20. The molecule has 1 aliphatic rings. The molecule has 1 fully saturated rings. The van der Waals surface area contributed by atoms with Crippen LogP contribution in [0.4, 0.5) is 17.6 Å². The van der Waals surface area contributed by atoms with E-state index < -0.39 is 12.1 Å². The van der Waals surface area contributed by atoms with Gasteiger partial charge >= 0.3 is 12.1 Å². The molecule has 0 aromatic heterocycles. The van der Waals surface area contributed by atoms with E-state index in [1.807, 2.05) is 0 Å². The number of aliphatic carboxylic acids is 1. The smallest absolute Gasteiger partial charge is 0.475 e. The summed E-state index contributed by atoms with van der Waals surface area (Å²) in [5.74, 6) is -2.78. The lowest BCUT2D eigenvalue weighted by molar-refractivity contribution is -0.192. The van der Waals surface area contributed by atoms with Crippen LogP contribution in [0.15, 0.2) is 24.3 Å². The van der Waals surface area contributed by atoms with Crippen LogP contribution < -0.4 is 10.6 Å². The molecule has 0 spiro atoms. The van der Waals surface area contributed by atoms with Crippen molar-refractivity contribution < 1.29 is 32.3 Å². The third-order valence-electron chi connectivity index (χ3n) is 3.33. The molecule has 1 aromatic carbocycles. The number of carboxylic acid groups (broad SMARTS) is 1. The lowest BCUT2D eigenvalue weighted by Crippen LogP contribution is -2.37. The molecule has 5 nitrogen and oxygen atoms in total. The molecule has 1 heterocycles. The van der Waals surface area contributed by atoms with Gasteiger partial charge in [-0.2, -0.15) is 13.2 Å². The van der Waals surface area contributed by atoms with E-state index in [4.69, 9.17) is 9.90 Å². The van der Waals surface area contributed by atoms with Gasteiger partial charge in [0.05, 0.1) is 0 Å². The van der Waals surface area contributed by atoms with E-state index in [0.29, 0.717) is 6.54 Å². The van der Waals surface area contributed by atoms with Crippen LogP contribution in [0.5, 0.6) is 0 Å². The Labute approximate surface area is 136 Å². The van der Waals surface area contributed by atoms with Crippen LogP contribution in [-0.2, 0) is 16.1 Å². The third-order valence-corrected chi connectivity index (χ3v) is 3.33. The highest BCUT2D eigenvalue weighted by Gasteiger charge is 2.38. The normalized spacial score (nSPS) is 15.2. The molecule has 9 heteroatoms. The molecule has 0 radical (unpaired) electrons. The lowest BCUT2D eigenvalue weighted by atomic mass is 9.97. The number of benzene rings is 1. The Kier molecular flexibility index (Phi) is 7.63. The van der Waals surface area contributed by atoms with E-state index in [1.54, 1.807) is 12.1 Å². The Bertz CT molecular complexity index is 541. The Balaban J connectivity index is 0.000000351. The molecule has 0 aliphatic carbocycles. The summed E-state index contributed by atoms with van der Waals surface area (Å²) >= 11 is 0. The molecular weight excluding hydrogens is 332 g/mol. The molecule has 0 bridgehead atoms. The van der Waals surface area contributed by atoms with Crippen LogP contribution in [0.25, 0.3) is 0 Å². The van der Waals surface area contributed by atoms with Gasteiger partial charge in [-0.25, -0.2) is 9.18 Å². The molecule has 1 aromatic rings. The summed E-state index contributed by atoms with van der Waals surface area (Å²) in [5.41, 5.74) is 0.925. The summed E-state index contributed by atoms with van der Waals surface area (Å²) in [5, 5.41) is 13.3. The maximum Gasteiger partial charge on any atom is 0.490 e. The van der Waals surface area contributed by atoms with E-state index in [0.717, 1.165) is 31.5 Å². The second kappa shape index (κ2) is 9.21. The fraction of sp³-hybridized carbons (Fsp3) is 0.467. The first kappa shape index (κ1) is 19.9. The van der Waals surface area contributed by atoms with Crippen molar-refractivity contribution >= 4 is 11.9 Å². The van der Waals surface area contributed by atoms with Crippen molar-refractivity contribution in [2.75, 3.05) is 13.1 Å². The number of piperidine rings is 1. The fourth-order valence-electron chi connectivity index (χ4n) is 2.02. The number of amides is 1. The molecular formula is C15H18F4N2O3. The van der Waals surface area contributed by atoms with E-state index in [1.165, 1.54) is 12.1 Å². The molecule has 0 atom stereocenters. The van der Waals surface area contributed by atoms with Crippen LogP contribution >= 0.6 is 0 Å². The number of hydrogen-bond acceptors (Lipinski definition) is 3. The molecule has 0 unspecified atom stereocenters. The van der Waals surface area contributed by atoms with E-state index in [-0.39, 0.29) is 17.6 Å². The minimum absolute atomic E-state index is 0.107. The maximum atomic E-state index is 12.7. The van der Waals surface area contributed by atoms with Gasteiger partial charge in [0.25, 0.3) is 0 Å². The Hall–Kier alpha value is -2.16. The number of carbonyl (C=O) groups is 2. The van der Waals surface area contributed by atoms with Gasteiger partial charge in [-0.15, -0.1) is 0 Å². The topological polar surface area (TPSA) is 78.4 Å². The summed E-state index contributed by atoms with van der Waals surface area (Å²) in [6.07, 6.45) is -3.29. The number of rotatable bonds is 3. The minimum atomic E-state index is -5.08. The van der Waals surface area contributed by atoms with Crippen LogP contribution in [0.1, 0.15) is 18.4 Å². The molecule has 134 valence electrons. The van der Waals surface area contributed by atoms with Gasteiger partial charge in [-0.3, -0.25) is 4.79 Å². The Morgan fingerprint density at radius 2 is 1.67 bits per heavy atom.